The van der Waals surface area contributed by atoms with Crippen LogP contribution in [0.2, 0.25) is 0 Å². The topological polar surface area (TPSA) is 21.7 Å². The summed E-state index contributed by atoms with van der Waals surface area (Å²) >= 11 is 0. The lowest BCUT2D eigenvalue weighted by Crippen LogP contribution is -2.50. The zero-order valence-electron chi connectivity index (χ0n) is 11.7. The van der Waals surface area contributed by atoms with E-state index in [1.165, 1.54) is 24.8 Å². The van der Waals surface area contributed by atoms with Gasteiger partial charge in [0.25, 0.3) is 0 Å². The molecule has 3 heteroatoms. The van der Waals surface area contributed by atoms with Crippen LogP contribution in [0.5, 0.6) is 5.75 Å². The van der Waals surface area contributed by atoms with Crippen molar-refractivity contribution in [2.75, 3.05) is 26.8 Å². The number of benzene rings is 1. The number of rotatable bonds is 4. The number of methoxy groups -OCH3 is 1. The van der Waals surface area contributed by atoms with Gasteiger partial charge in [0.2, 0.25) is 0 Å². The minimum atomic E-state index is 0.350. The number of hydrogen-bond acceptors (Lipinski definition) is 3. The number of hydrogen-bond donors (Lipinski definition) is 0. The van der Waals surface area contributed by atoms with Crippen molar-refractivity contribution >= 4 is 0 Å². The summed E-state index contributed by atoms with van der Waals surface area (Å²) in [6.45, 7) is 3.10. The molecule has 0 N–H and O–H groups in total. The van der Waals surface area contributed by atoms with E-state index in [1.807, 2.05) is 12.1 Å². The molecule has 1 aromatic carbocycles. The summed E-state index contributed by atoms with van der Waals surface area (Å²) in [4.78, 5) is 2.63. The van der Waals surface area contributed by atoms with Crippen LogP contribution in [0.4, 0.5) is 0 Å². The Hall–Kier alpha value is -1.06. The first-order chi connectivity index (χ1) is 9.35. The highest BCUT2D eigenvalue weighted by molar-refractivity contribution is 5.27. The average molecular weight is 261 g/mol. The minimum Gasteiger partial charge on any atom is -0.497 e. The van der Waals surface area contributed by atoms with E-state index < -0.39 is 0 Å². The van der Waals surface area contributed by atoms with Gasteiger partial charge in [-0.3, -0.25) is 4.90 Å². The Kier molecular flexibility index (Phi) is 4.04. The van der Waals surface area contributed by atoms with Crippen LogP contribution in [0, 0.1) is 0 Å². The summed E-state index contributed by atoms with van der Waals surface area (Å²) in [7, 11) is 1.70. The normalized spacial score (nSPS) is 25.0. The maximum Gasteiger partial charge on any atom is 0.118 e. The van der Waals surface area contributed by atoms with Crippen molar-refractivity contribution in [2.45, 2.75) is 37.8 Å². The summed E-state index contributed by atoms with van der Waals surface area (Å²) in [5.41, 5.74) is 1.33. The van der Waals surface area contributed by atoms with Gasteiger partial charge in [0.15, 0.2) is 0 Å². The second-order valence-electron chi connectivity index (χ2n) is 5.62. The third-order valence-electron chi connectivity index (χ3n) is 4.38. The molecule has 1 atom stereocenters. The Labute approximate surface area is 115 Å². The van der Waals surface area contributed by atoms with Crippen molar-refractivity contribution in [1.29, 1.82) is 0 Å². The van der Waals surface area contributed by atoms with Crippen LogP contribution in [0.1, 0.15) is 24.8 Å². The molecule has 1 aliphatic carbocycles. The van der Waals surface area contributed by atoms with Crippen LogP contribution in [0.15, 0.2) is 24.3 Å². The Balaban J connectivity index is 1.55. The molecule has 1 heterocycles. The highest BCUT2D eigenvalue weighted by Gasteiger charge is 2.29. The molecule has 19 heavy (non-hydrogen) atoms. The lowest BCUT2D eigenvalue weighted by atomic mass is 9.90. The Bertz CT molecular complexity index is 400. The molecule has 0 bridgehead atoms. The molecule has 1 saturated carbocycles. The summed E-state index contributed by atoms with van der Waals surface area (Å²) < 4.78 is 11.1. The monoisotopic (exact) mass is 261 g/mol. The van der Waals surface area contributed by atoms with Gasteiger partial charge >= 0.3 is 0 Å². The molecule has 0 unspecified atom stereocenters. The van der Waals surface area contributed by atoms with E-state index in [0.29, 0.717) is 6.10 Å². The molecule has 2 fully saturated rings. The molecule has 2 aliphatic rings. The lowest BCUT2D eigenvalue weighted by molar-refractivity contribution is -0.0541. The maximum atomic E-state index is 5.91. The quantitative estimate of drug-likeness (QED) is 0.831. The molecule has 104 valence electrons. The number of nitrogens with zero attached hydrogens (tertiary/aromatic N) is 1. The van der Waals surface area contributed by atoms with Crippen molar-refractivity contribution in [2.24, 2.45) is 0 Å². The third-order valence-corrected chi connectivity index (χ3v) is 4.38. The second-order valence-corrected chi connectivity index (χ2v) is 5.62. The van der Waals surface area contributed by atoms with Gasteiger partial charge in [0.05, 0.1) is 19.8 Å². The van der Waals surface area contributed by atoms with Gasteiger partial charge in [-0.05, 0) is 37.0 Å². The lowest BCUT2D eigenvalue weighted by Gasteiger charge is -2.42. The van der Waals surface area contributed by atoms with E-state index in [1.54, 1.807) is 7.11 Å². The van der Waals surface area contributed by atoms with Crippen molar-refractivity contribution < 1.29 is 9.47 Å². The molecule has 0 aromatic heterocycles. The molecular formula is C16H23NO2. The van der Waals surface area contributed by atoms with Crippen LogP contribution < -0.4 is 4.74 Å². The predicted molar refractivity (Wildman–Crippen MR) is 75.7 cm³/mol. The molecule has 1 aliphatic heterocycles. The number of morpholine rings is 1. The van der Waals surface area contributed by atoms with Crippen molar-refractivity contribution in [3.05, 3.63) is 29.8 Å². The van der Waals surface area contributed by atoms with Gasteiger partial charge in [0, 0.05) is 19.1 Å². The Morgan fingerprint density at radius 2 is 2.05 bits per heavy atom. The fourth-order valence-electron chi connectivity index (χ4n) is 2.97. The molecule has 3 rings (SSSR count). The molecule has 1 saturated heterocycles. The zero-order valence-corrected chi connectivity index (χ0v) is 11.7. The fourth-order valence-corrected chi connectivity index (χ4v) is 2.97. The van der Waals surface area contributed by atoms with Crippen molar-refractivity contribution in [3.63, 3.8) is 0 Å². The molecule has 1 aromatic rings. The molecule has 0 spiro atoms. The largest absolute Gasteiger partial charge is 0.497 e. The second kappa shape index (κ2) is 5.93. The van der Waals surface area contributed by atoms with Crippen molar-refractivity contribution in [1.82, 2.24) is 4.90 Å². The molecule has 0 amide bonds. The first kappa shape index (κ1) is 12.9. The molecule has 0 radical (unpaired) electrons. The SMILES string of the molecule is COc1ccc(C[C@@H]2CN(C3CCC3)CCO2)cc1. The summed E-state index contributed by atoms with van der Waals surface area (Å²) in [5, 5.41) is 0. The van der Waals surface area contributed by atoms with E-state index in [2.05, 4.69) is 17.0 Å². The first-order valence-electron chi connectivity index (χ1n) is 7.34. The van der Waals surface area contributed by atoms with E-state index in [-0.39, 0.29) is 0 Å². The van der Waals surface area contributed by atoms with Crippen LogP contribution in [-0.4, -0.2) is 43.9 Å². The third kappa shape index (κ3) is 3.10. The Morgan fingerprint density at radius 3 is 2.68 bits per heavy atom. The summed E-state index contributed by atoms with van der Waals surface area (Å²) in [6, 6.07) is 9.18. The smallest absolute Gasteiger partial charge is 0.118 e. The van der Waals surface area contributed by atoms with Crippen LogP contribution in [0.25, 0.3) is 0 Å². The van der Waals surface area contributed by atoms with Gasteiger partial charge in [-0.2, -0.15) is 0 Å². The van der Waals surface area contributed by atoms with E-state index in [0.717, 1.165) is 37.9 Å². The van der Waals surface area contributed by atoms with E-state index in [4.69, 9.17) is 9.47 Å². The van der Waals surface area contributed by atoms with Gasteiger partial charge < -0.3 is 9.47 Å². The standard InChI is InChI=1S/C16H23NO2/c1-18-15-7-5-13(6-8-15)11-16-12-17(9-10-19-16)14-3-2-4-14/h5-8,14,16H,2-4,9-12H2,1H3/t16-/m1/s1. The average Bonchev–Trinajstić information content (AvgIpc) is 2.38. The van der Waals surface area contributed by atoms with E-state index in [9.17, 15) is 0 Å². The summed E-state index contributed by atoms with van der Waals surface area (Å²) in [6.07, 6.45) is 5.53. The van der Waals surface area contributed by atoms with Crippen LogP contribution in [-0.2, 0) is 11.2 Å². The van der Waals surface area contributed by atoms with Gasteiger partial charge in [-0.15, -0.1) is 0 Å². The summed E-state index contributed by atoms with van der Waals surface area (Å²) in [5.74, 6) is 0.921. The first-order valence-corrected chi connectivity index (χ1v) is 7.34. The van der Waals surface area contributed by atoms with Crippen molar-refractivity contribution in [3.8, 4) is 5.75 Å². The Morgan fingerprint density at radius 1 is 1.26 bits per heavy atom. The zero-order chi connectivity index (χ0) is 13.1. The minimum absolute atomic E-state index is 0.350. The highest BCUT2D eigenvalue weighted by Crippen LogP contribution is 2.27. The molecule has 3 nitrogen and oxygen atoms in total. The van der Waals surface area contributed by atoms with Crippen LogP contribution >= 0.6 is 0 Å². The van der Waals surface area contributed by atoms with Gasteiger partial charge in [0.1, 0.15) is 5.75 Å². The van der Waals surface area contributed by atoms with E-state index >= 15 is 0 Å². The molecular weight excluding hydrogens is 238 g/mol. The maximum absolute atomic E-state index is 5.91. The number of ether oxygens (including phenoxy) is 2. The highest BCUT2D eigenvalue weighted by atomic mass is 16.5. The predicted octanol–water partition coefficient (Wildman–Crippen LogP) is 2.49. The fraction of sp³-hybridized carbons (Fsp3) is 0.625. The van der Waals surface area contributed by atoms with Crippen LogP contribution in [0.3, 0.4) is 0 Å². The van der Waals surface area contributed by atoms with Gasteiger partial charge in [-0.1, -0.05) is 18.6 Å². The van der Waals surface area contributed by atoms with Gasteiger partial charge in [-0.25, -0.2) is 0 Å².